The number of hydrogen-bond donors (Lipinski definition) is 2. The van der Waals surface area contributed by atoms with Crippen molar-refractivity contribution in [1.82, 2.24) is 14.3 Å². The molecule has 0 spiro atoms. The van der Waals surface area contributed by atoms with Crippen LogP contribution in [-0.4, -0.2) is 19.6 Å². The third kappa shape index (κ3) is 0.485. The maximum atomic E-state index is 9.00. The first-order valence-electron chi connectivity index (χ1n) is 2.78. The molecule has 10 heavy (non-hydrogen) atoms. The summed E-state index contributed by atoms with van der Waals surface area (Å²) in [6, 6.07) is 1.63. The van der Waals surface area contributed by atoms with Gasteiger partial charge >= 0.3 is 0 Å². The van der Waals surface area contributed by atoms with Gasteiger partial charge in [0.05, 0.1) is 11.9 Å². The van der Waals surface area contributed by atoms with Gasteiger partial charge in [0.15, 0.2) is 12.0 Å². The van der Waals surface area contributed by atoms with Crippen molar-refractivity contribution < 1.29 is 5.21 Å². The highest BCUT2D eigenvalue weighted by Gasteiger charge is 2.00. The quantitative estimate of drug-likeness (QED) is 0.502. The Morgan fingerprint density at radius 2 is 2.40 bits per heavy atom. The Hall–Kier alpha value is -1.65. The summed E-state index contributed by atoms with van der Waals surface area (Å²) in [7, 11) is 0. The zero-order valence-corrected chi connectivity index (χ0v) is 5.10. The standard InChI is InChI=1S/C5H6N4O/c6-4-1-5-8(2-4)7-3-9(5)10/h1-3,10H,6H2. The average molecular weight is 138 g/mol. The van der Waals surface area contributed by atoms with Crippen molar-refractivity contribution in [3.8, 4) is 0 Å². The van der Waals surface area contributed by atoms with Gasteiger partial charge in [-0.3, -0.25) is 0 Å². The number of fused-ring (bicyclic) bond motifs is 1. The van der Waals surface area contributed by atoms with E-state index in [1.165, 1.54) is 10.8 Å². The van der Waals surface area contributed by atoms with E-state index >= 15 is 0 Å². The Balaban J connectivity index is 2.90. The Morgan fingerprint density at radius 1 is 1.60 bits per heavy atom. The second-order valence-corrected chi connectivity index (χ2v) is 2.05. The number of anilines is 1. The van der Waals surface area contributed by atoms with Crippen LogP contribution in [0.1, 0.15) is 0 Å². The van der Waals surface area contributed by atoms with Crippen LogP contribution in [0.2, 0.25) is 0 Å². The van der Waals surface area contributed by atoms with Gasteiger partial charge in [-0.25, -0.2) is 4.52 Å². The molecule has 0 amide bonds. The lowest BCUT2D eigenvalue weighted by Gasteiger charge is -1.83. The lowest BCUT2D eigenvalue weighted by molar-refractivity contribution is 0.197. The molecule has 3 N–H and O–H groups in total. The Labute approximate surface area is 56.2 Å². The molecule has 0 bridgehead atoms. The van der Waals surface area contributed by atoms with E-state index < -0.39 is 0 Å². The van der Waals surface area contributed by atoms with Gasteiger partial charge in [-0.1, -0.05) is 0 Å². The molecule has 52 valence electrons. The van der Waals surface area contributed by atoms with Crippen LogP contribution in [0.3, 0.4) is 0 Å². The van der Waals surface area contributed by atoms with Gasteiger partial charge in [0.25, 0.3) is 0 Å². The summed E-state index contributed by atoms with van der Waals surface area (Å²) in [5.74, 6) is 0. The highest BCUT2D eigenvalue weighted by molar-refractivity contribution is 5.52. The van der Waals surface area contributed by atoms with Crippen LogP contribution in [0.25, 0.3) is 5.65 Å². The zero-order chi connectivity index (χ0) is 7.14. The van der Waals surface area contributed by atoms with E-state index in [9.17, 15) is 0 Å². The van der Waals surface area contributed by atoms with Crippen LogP contribution in [0.5, 0.6) is 0 Å². The van der Waals surface area contributed by atoms with Crippen LogP contribution < -0.4 is 5.73 Å². The molecule has 0 atom stereocenters. The van der Waals surface area contributed by atoms with Gasteiger partial charge < -0.3 is 10.9 Å². The zero-order valence-electron chi connectivity index (χ0n) is 5.10. The summed E-state index contributed by atoms with van der Waals surface area (Å²) in [6.07, 6.45) is 2.93. The van der Waals surface area contributed by atoms with Crippen LogP contribution >= 0.6 is 0 Å². The topological polar surface area (TPSA) is 68.5 Å². The molecule has 2 heterocycles. The van der Waals surface area contributed by atoms with E-state index in [0.29, 0.717) is 11.3 Å². The summed E-state index contributed by atoms with van der Waals surface area (Å²) in [6.45, 7) is 0. The first-order chi connectivity index (χ1) is 4.77. The van der Waals surface area contributed by atoms with Crippen LogP contribution in [0, 0.1) is 0 Å². The minimum atomic E-state index is 0.567. The van der Waals surface area contributed by atoms with Crippen molar-refractivity contribution in [2.75, 3.05) is 5.73 Å². The number of rotatable bonds is 0. The van der Waals surface area contributed by atoms with Gasteiger partial charge in [-0.15, -0.1) is 0 Å². The van der Waals surface area contributed by atoms with Crippen molar-refractivity contribution in [3.63, 3.8) is 0 Å². The van der Waals surface area contributed by atoms with E-state index in [4.69, 9.17) is 10.9 Å². The molecule has 0 radical (unpaired) electrons. The first-order valence-corrected chi connectivity index (χ1v) is 2.78. The molecule has 0 saturated carbocycles. The molecule has 0 unspecified atom stereocenters. The monoisotopic (exact) mass is 138 g/mol. The van der Waals surface area contributed by atoms with Gasteiger partial charge in [0.2, 0.25) is 0 Å². The number of nitrogens with two attached hydrogens (primary N) is 1. The predicted octanol–water partition coefficient (Wildman–Crippen LogP) is -0.0447. The smallest absolute Gasteiger partial charge is 0.173 e. The average Bonchev–Trinajstić information content (AvgIpc) is 2.35. The summed E-state index contributed by atoms with van der Waals surface area (Å²) in [4.78, 5) is 0. The molecule has 0 aliphatic carbocycles. The van der Waals surface area contributed by atoms with Crippen molar-refractivity contribution in [3.05, 3.63) is 18.6 Å². The molecule has 0 aliphatic heterocycles. The third-order valence-electron chi connectivity index (χ3n) is 1.32. The van der Waals surface area contributed by atoms with Crippen molar-refractivity contribution in [2.24, 2.45) is 0 Å². The highest BCUT2D eigenvalue weighted by Crippen LogP contribution is 2.08. The van der Waals surface area contributed by atoms with Crippen LogP contribution in [-0.2, 0) is 0 Å². The maximum Gasteiger partial charge on any atom is 0.173 e. The van der Waals surface area contributed by atoms with Gasteiger partial charge in [-0.05, 0) is 0 Å². The van der Waals surface area contributed by atoms with Crippen LogP contribution in [0.4, 0.5) is 5.69 Å². The first kappa shape index (κ1) is 5.16. The molecular weight excluding hydrogens is 132 g/mol. The second-order valence-electron chi connectivity index (χ2n) is 2.05. The molecule has 0 saturated heterocycles. The molecule has 0 fully saturated rings. The third-order valence-corrected chi connectivity index (χ3v) is 1.32. The van der Waals surface area contributed by atoms with Crippen molar-refractivity contribution in [1.29, 1.82) is 0 Å². The fourth-order valence-electron chi connectivity index (χ4n) is 0.887. The Kier molecular flexibility index (Phi) is 0.743. The number of aromatic nitrogens is 3. The van der Waals surface area contributed by atoms with E-state index in [0.717, 1.165) is 4.73 Å². The normalized spacial score (nSPS) is 10.8. The fourth-order valence-corrected chi connectivity index (χ4v) is 0.887. The molecule has 2 aromatic heterocycles. The molecule has 0 aliphatic rings. The predicted molar refractivity (Wildman–Crippen MR) is 34.8 cm³/mol. The molecule has 5 nitrogen and oxygen atoms in total. The Morgan fingerprint density at radius 3 is 3.10 bits per heavy atom. The van der Waals surface area contributed by atoms with Crippen LogP contribution in [0.15, 0.2) is 18.6 Å². The van der Waals surface area contributed by atoms with Crippen molar-refractivity contribution >= 4 is 11.3 Å². The minimum Gasteiger partial charge on any atom is -0.425 e. The lowest BCUT2D eigenvalue weighted by atomic mass is 10.5. The number of nitrogens with zero attached hydrogens (tertiary/aromatic N) is 3. The van der Waals surface area contributed by atoms with E-state index in [1.807, 2.05) is 0 Å². The summed E-state index contributed by atoms with van der Waals surface area (Å²) in [5.41, 5.74) is 6.57. The minimum absolute atomic E-state index is 0.567. The van der Waals surface area contributed by atoms with E-state index in [1.54, 1.807) is 12.3 Å². The summed E-state index contributed by atoms with van der Waals surface area (Å²) >= 11 is 0. The molecule has 2 rings (SSSR count). The van der Waals surface area contributed by atoms with Gasteiger partial charge in [0.1, 0.15) is 0 Å². The fraction of sp³-hybridized carbons (Fsp3) is 0. The number of nitrogen functional groups attached to an aromatic ring is 1. The molecule has 2 aromatic rings. The van der Waals surface area contributed by atoms with Crippen molar-refractivity contribution in [2.45, 2.75) is 0 Å². The van der Waals surface area contributed by atoms with E-state index in [-0.39, 0.29) is 0 Å². The molecule has 5 heteroatoms. The largest absolute Gasteiger partial charge is 0.425 e. The molecule has 0 aromatic carbocycles. The SMILES string of the molecule is Nc1cc2n(O)cnn2c1. The summed E-state index contributed by atoms with van der Waals surface area (Å²) < 4.78 is 2.41. The lowest BCUT2D eigenvalue weighted by Crippen LogP contribution is -1.85. The van der Waals surface area contributed by atoms with Gasteiger partial charge in [-0.2, -0.15) is 9.83 Å². The summed E-state index contributed by atoms with van der Waals surface area (Å²) in [5, 5.41) is 12.8. The highest BCUT2D eigenvalue weighted by atomic mass is 16.5. The number of hydrogen-bond acceptors (Lipinski definition) is 3. The second kappa shape index (κ2) is 1.44. The van der Waals surface area contributed by atoms with Gasteiger partial charge in [0, 0.05) is 6.07 Å². The Bertz CT molecular complexity index is 360. The maximum absolute atomic E-state index is 9.00. The molecular formula is C5H6N4O. The van der Waals surface area contributed by atoms with E-state index in [2.05, 4.69) is 5.10 Å².